The van der Waals surface area contributed by atoms with Crippen molar-refractivity contribution in [2.24, 2.45) is 7.05 Å². The zero-order valence-corrected chi connectivity index (χ0v) is 12.1. The van der Waals surface area contributed by atoms with Crippen LogP contribution in [0.15, 0.2) is 55.2 Å². The fourth-order valence-corrected chi connectivity index (χ4v) is 2.04. The molecule has 1 N–H and O–H groups in total. The molecule has 0 fully saturated rings. The number of nitrogens with one attached hydrogen (secondary N) is 1. The van der Waals surface area contributed by atoms with Crippen molar-refractivity contribution in [2.45, 2.75) is 6.54 Å². The predicted octanol–water partition coefficient (Wildman–Crippen LogP) is 1.81. The maximum Gasteiger partial charge on any atom is 0.251 e. The Labute approximate surface area is 127 Å². The molecule has 6 nitrogen and oxygen atoms in total. The molecule has 22 heavy (non-hydrogen) atoms. The van der Waals surface area contributed by atoms with Crippen molar-refractivity contribution in [3.05, 3.63) is 66.4 Å². The third-order valence-electron chi connectivity index (χ3n) is 3.22. The molecule has 0 aliphatic heterocycles. The Morgan fingerprint density at radius 2 is 2.00 bits per heavy atom. The monoisotopic (exact) mass is 293 g/mol. The molecule has 0 saturated carbocycles. The van der Waals surface area contributed by atoms with Gasteiger partial charge in [-0.15, -0.1) is 0 Å². The number of hydrogen-bond acceptors (Lipinski definition) is 4. The van der Waals surface area contributed by atoms with Gasteiger partial charge in [0, 0.05) is 49.5 Å². The van der Waals surface area contributed by atoms with Crippen molar-refractivity contribution >= 4 is 5.91 Å². The van der Waals surface area contributed by atoms with E-state index < -0.39 is 0 Å². The normalized spacial score (nSPS) is 10.4. The summed E-state index contributed by atoms with van der Waals surface area (Å²) in [6.07, 6.45) is 8.63. The molecule has 3 aromatic heterocycles. The Bertz CT molecular complexity index is 765. The third kappa shape index (κ3) is 3.17. The molecule has 1 amide bonds. The molecular weight excluding hydrogens is 278 g/mol. The number of carbonyl (C=O) groups is 1. The van der Waals surface area contributed by atoms with Crippen LogP contribution in [0.1, 0.15) is 15.9 Å². The van der Waals surface area contributed by atoms with Gasteiger partial charge in [-0.05, 0) is 23.8 Å². The SMILES string of the molecule is Cn1cc(-c2ccc(CNC(=O)c3ccncc3)cn2)cn1. The number of pyridine rings is 2. The van der Waals surface area contributed by atoms with E-state index in [1.165, 1.54) is 0 Å². The summed E-state index contributed by atoms with van der Waals surface area (Å²) < 4.78 is 1.74. The second-order valence-corrected chi connectivity index (χ2v) is 4.87. The Morgan fingerprint density at radius 3 is 2.64 bits per heavy atom. The summed E-state index contributed by atoms with van der Waals surface area (Å²) in [5, 5.41) is 6.98. The highest BCUT2D eigenvalue weighted by atomic mass is 16.1. The summed E-state index contributed by atoms with van der Waals surface area (Å²) >= 11 is 0. The van der Waals surface area contributed by atoms with E-state index >= 15 is 0 Å². The summed E-state index contributed by atoms with van der Waals surface area (Å²) in [4.78, 5) is 20.2. The van der Waals surface area contributed by atoms with Crippen LogP contribution in [0.25, 0.3) is 11.3 Å². The van der Waals surface area contributed by atoms with Gasteiger partial charge in [0.05, 0.1) is 11.9 Å². The summed E-state index contributed by atoms with van der Waals surface area (Å²) in [7, 11) is 1.87. The van der Waals surface area contributed by atoms with Gasteiger partial charge in [-0.25, -0.2) is 0 Å². The van der Waals surface area contributed by atoms with Crippen molar-refractivity contribution in [3.63, 3.8) is 0 Å². The van der Waals surface area contributed by atoms with Gasteiger partial charge in [-0.1, -0.05) is 6.07 Å². The van der Waals surface area contributed by atoms with Crippen molar-refractivity contribution in [3.8, 4) is 11.3 Å². The smallest absolute Gasteiger partial charge is 0.251 e. The van der Waals surface area contributed by atoms with Gasteiger partial charge in [0.2, 0.25) is 0 Å². The summed E-state index contributed by atoms with van der Waals surface area (Å²) in [6.45, 7) is 0.432. The van der Waals surface area contributed by atoms with E-state index in [1.807, 2.05) is 25.4 Å². The highest BCUT2D eigenvalue weighted by molar-refractivity contribution is 5.93. The second kappa shape index (κ2) is 6.17. The molecule has 0 aromatic carbocycles. The van der Waals surface area contributed by atoms with E-state index in [9.17, 15) is 4.79 Å². The molecule has 0 atom stereocenters. The minimum absolute atomic E-state index is 0.126. The van der Waals surface area contributed by atoms with Crippen LogP contribution in [-0.4, -0.2) is 25.7 Å². The van der Waals surface area contributed by atoms with Crippen LogP contribution in [0.4, 0.5) is 0 Å². The standard InChI is InChI=1S/C16H15N5O/c1-21-11-14(10-20-21)15-3-2-12(8-18-15)9-19-16(22)13-4-6-17-7-5-13/h2-8,10-11H,9H2,1H3,(H,19,22). The third-order valence-corrected chi connectivity index (χ3v) is 3.22. The Hall–Kier alpha value is -3.02. The van der Waals surface area contributed by atoms with Gasteiger partial charge in [-0.2, -0.15) is 5.10 Å². The van der Waals surface area contributed by atoms with Crippen LogP contribution in [0.2, 0.25) is 0 Å². The van der Waals surface area contributed by atoms with Crippen LogP contribution in [0.3, 0.4) is 0 Å². The van der Waals surface area contributed by atoms with Gasteiger partial charge >= 0.3 is 0 Å². The molecule has 6 heteroatoms. The summed E-state index contributed by atoms with van der Waals surface area (Å²) in [5.41, 5.74) is 3.36. The molecule has 3 aromatic rings. The maximum atomic E-state index is 11.9. The largest absolute Gasteiger partial charge is 0.348 e. The average Bonchev–Trinajstić information content (AvgIpc) is 3.00. The molecule has 3 rings (SSSR count). The Kier molecular flexibility index (Phi) is 3.91. The van der Waals surface area contributed by atoms with E-state index in [1.54, 1.807) is 41.6 Å². The number of aryl methyl sites for hydroxylation is 1. The van der Waals surface area contributed by atoms with E-state index in [0.29, 0.717) is 12.1 Å². The molecule has 0 aliphatic carbocycles. The Balaban J connectivity index is 1.63. The van der Waals surface area contributed by atoms with Crippen LogP contribution < -0.4 is 5.32 Å². The topological polar surface area (TPSA) is 72.7 Å². The first-order valence-electron chi connectivity index (χ1n) is 6.84. The lowest BCUT2D eigenvalue weighted by Gasteiger charge is -2.05. The minimum Gasteiger partial charge on any atom is -0.348 e. The molecule has 0 bridgehead atoms. The highest BCUT2D eigenvalue weighted by Gasteiger charge is 2.05. The number of hydrogen-bond donors (Lipinski definition) is 1. The number of amides is 1. The lowest BCUT2D eigenvalue weighted by Crippen LogP contribution is -2.22. The first-order chi connectivity index (χ1) is 10.7. The van der Waals surface area contributed by atoms with Crippen LogP contribution in [0.5, 0.6) is 0 Å². The predicted molar refractivity (Wildman–Crippen MR) is 81.8 cm³/mol. The van der Waals surface area contributed by atoms with Gasteiger partial charge in [0.15, 0.2) is 0 Å². The lowest BCUT2D eigenvalue weighted by molar-refractivity contribution is 0.0951. The zero-order chi connectivity index (χ0) is 15.4. The zero-order valence-electron chi connectivity index (χ0n) is 12.1. The van der Waals surface area contributed by atoms with E-state index in [2.05, 4.69) is 20.4 Å². The van der Waals surface area contributed by atoms with E-state index in [0.717, 1.165) is 16.8 Å². The van der Waals surface area contributed by atoms with Crippen LogP contribution in [-0.2, 0) is 13.6 Å². The summed E-state index contributed by atoms with van der Waals surface area (Å²) in [5.74, 6) is -0.126. The average molecular weight is 293 g/mol. The Morgan fingerprint density at radius 1 is 1.18 bits per heavy atom. The maximum absolute atomic E-state index is 11.9. The van der Waals surface area contributed by atoms with Crippen LogP contribution in [0, 0.1) is 0 Å². The van der Waals surface area contributed by atoms with Crippen molar-refractivity contribution in [1.29, 1.82) is 0 Å². The molecule has 0 radical (unpaired) electrons. The lowest BCUT2D eigenvalue weighted by atomic mass is 10.2. The fourth-order valence-electron chi connectivity index (χ4n) is 2.04. The number of aromatic nitrogens is 4. The minimum atomic E-state index is -0.126. The molecule has 110 valence electrons. The number of nitrogens with zero attached hydrogens (tertiary/aromatic N) is 4. The van der Waals surface area contributed by atoms with Crippen molar-refractivity contribution < 1.29 is 4.79 Å². The second-order valence-electron chi connectivity index (χ2n) is 4.87. The molecule has 3 heterocycles. The quantitative estimate of drug-likeness (QED) is 0.796. The molecule has 0 unspecified atom stereocenters. The summed E-state index contributed by atoms with van der Waals surface area (Å²) in [6, 6.07) is 7.23. The first kappa shape index (κ1) is 13.9. The van der Waals surface area contributed by atoms with Gasteiger partial charge in [-0.3, -0.25) is 19.4 Å². The van der Waals surface area contributed by atoms with E-state index in [-0.39, 0.29) is 5.91 Å². The van der Waals surface area contributed by atoms with Crippen LogP contribution >= 0.6 is 0 Å². The van der Waals surface area contributed by atoms with Crippen molar-refractivity contribution in [2.75, 3.05) is 0 Å². The van der Waals surface area contributed by atoms with Crippen molar-refractivity contribution in [1.82, 2.24) is 25.1 Å². The van der Waals surface area contributed by atoms with E-state index in [4.69, 9.17) is 0 Å². The molecular formula is C16H15N5O. The fraction of sp³-hybridized carbons (Fsp3) is 0.125. The van der Waals surface area contributed by atoms with Gasteiger partial charge in [0.1, 0.15) is 0 Å². The van der Waals surface area contributed by atoms with Gasteiger partial charge in [0.25, 0.3) is 5.91 Å². The van der Waals surface area contributed by atoms with Gasteiger partial charge < -0.3 is 5.32 Å². The molecule has 0 aliphatic rings. The molecule has 0 spiro atoms. The highest BCUT2D eigenvalue weighted by Crippen LogP contribution is 2.15. The number of rotatable bonds is 4. The molecule has 0 saturated heterocycles. The number of carbonyl (C=O) groups excluding carboxylic acids is 1. The first-order valence-corrected chi connectivity index (χ1v) is 6.84.